The fraction of sp³-hybridized carbons (Fsp3) is 0.324. The second-order valence-electron chi connectivity index (χ2n) is 13.3. The molecule has 0 unspecified atom stereocenters. The number of halogens is 3. The number of methoxy groups -OCH3 is 2. The maximum atomic E-state index is 13.2. The summed E-state index contributed by atoms with van der Waals surface area (Å²) in [6.45, 7) is 5.80. The molecule has 3 aromatic heterocycles. The number of carbonyl (C=O) groups excluding carboxylic acids is 2. The van der Waals surface area contributed by atoms with Gasteiger partial charge in [0, 0.05) is 59.9 Å². The Kier molecular flexibility index (Phi) is 9.96. The van der Waals surface area contributed by atoms with Crippen LogP contribution in [0.1, 0.15) is 66.8 Å². The van der Waals surface area contributed by atoms with Crippen LogP contribution in [0.4, 0.5) is 29.6 Å². The lowest BCUT2D eigenvalue weighted by Gasteiger charge is -2.35. The van der Waals surface area contributed by atoms with Crippen molar-refractivity contribution in [2.45, 2.75) is 63.9 Å². The number of fused-ring (bicyclic) bond motifs is 1. The van der Waals surface area contributed by atoms with E-state index in [2.05, 4.69) is 25.9 Å². The molecule has 1 aliphatic rings. The molecule has 1 saturated carbocycles. The van der Waals surface area contributed by atoms with Crippen molar-refractivity contribution in [1.29, 1.82) is 0 Å². The number of carbonyl (C=O) groups is 2. The van der Waals surface area contributed by atoms with Crippen molar-refractivity contribution in [3.63, 3.8) is 0 Å². The van der Waals surface area contributed by atoms with Crippen molar-refractivity contribution in [2.75, 3.05) is 24.9 Å². The lowest BCUT2D eigenvalue weighted by Crippen LogP contribution is -2.45. The number of alkyl halides is 3. The van der Waals surface area contributed by atoms with Gasteiger partial charge >= 0.3 is 12.3 Å². The van der Waals surface area contributed by atoms with E-state index in [-0.39, 0.29) is 23.3 Å². The summed E-state index contributed by atoms with van der Waals surface area (Å²) >= 11 is 0. The highest BCUT2D eigenvalue weighted by Gasteiger charge is 2.36. The molecule has 0 aliphatic heterocycles. The lowest BCUT2D eigenvalue weighted by molar-refractivity contribution is -0.137. The van der Waals surface area contributed by atoms with Gasteiger partial charge in [0.2, 0.25) is 0 Å². The summed E-state index contributed by atoms with van der Waals surface area (Å²) in [6.07, 6.45) is 0.754. The van der Waals surface area contributed by atoms with Gasteiger partial charge in [0.1, 0.15) is 40.0 Å². The number of amides is 2. The number of nitrogens with zero attached hydrogens (tertiary/aromatic N) is 4. The maximum Gasteiger partial charge on any atom is 0.416 e. The molecule has 0 atom stereocenters. The first-order valence-corrected chi connectivity index (χ1v) is 16.5. The first-order valence-electron chi connectivity index (χ1n) is 16.5. The summed E-state index contributed by atoms with van der Waals surface area (Å²) in [5, 5.41) is 8.79. The van der Waals surface area contributed by atoms with Crippen LogP contribution < -0.4 is 25.4 Å². The van der Waals surface area contributed by atoms with Crippen LogP contribution in [-0.4, -0.2) is 57.2 Å². The van der Waals surface area contributed by atoms with Crippen molar-refractivity contribution in [1.82, 2.24) is 24.7 Å². The molecule has 1 fully saturated rings. The smallest absolute Gasteiger partial charge is 0.416 e. The summed E-state index contributed by atoms with van der Waals surface area (Å²) in [7, 11) is 3.17. The molecule has 1 aliphatic carbocycles. The van der Waals surface area contributed by atoms with Gasteiger partial charge in [-0.3, -0.25) is 9.20 Å². The van der Waals surface area contributed by atoms with Crippen molar-refractivity contribution >= 4 is 29.2 Å². The first kappa shape index (κ1) is 35.9. The summed E-state index contributed by atoms with van der Waals surface area (Å²) < 4.78 is 57.9. The zero-order valence-electron chi connectivity index (χ0n) is 29.2. The summed E-state index contributed by atoms with van der Waals surface area (Å²) in [4.78, 5) is 39.0. The van der Waals surface area contributed by atoms with E-state index in [1.165, 1.54) is 0 Å². The van der Waals surface area contributed by atoms with Crippen LogP contribution >= 0.6 is 0 Å². The second kappa shape index (κ2) is 14.4. The molecule has 0 saturated heterocycles. The molecule has 2 aromatic carbocycles. The Morgan fingerprint density at radius 3 is 2.37 bits per heavy atom. The molecule has 52 heavy (non-hydrogen) atoms. The van der Waals surface area contributed by atoms with Gasteiger partial charge in [0.25, 0.3) is 5.91 Å². The molecule has 3 N–H and O–H groups in total. The first-order chi connectivity index (χ1) is 24.7. The monoisotopic (exact) mass is 717 g/mol. The minimum atomic E-state index is -4.57. The third kappa shape index (κ3) is 8.03. The number of aromatic nitrogens is 4. The summed E-state index contributed by atoms with van der Waals surface area (Å²) in [6, 6.07) is 13.7. The number of ether oxygens (including phenoxy) is 3. The number of pyridine rings is 1. The van der Waals surface area contributed by atoms with E-state index in [9.17, 15) is 22.8 Å². The van der Waals surface area contributed by atoms with E-state index >= 15 is 0 Å². The number of rotatable bonds is 10. The third-order valence-electron chi connectivity index (χ3n) is 8.50. The SMILES string of the molecule is COc1ccc(CNc2nccn3c(C4CC(NC(=O)OC(C)(C)C)C4)nc(-c4ccc(C(=O)Nc5cc(C(F)(F)F)ccn5)cc4)c23)c(OC)c1. The quantitative estimate of drug-likeness (QED) is 0.134. The molecule has 3 heterocycles. The molecular formula is C37H38F3N7O5. The number of hydrogen-bond acceptors (Lipinski definition) is 9. The van der Waals surface area contributed by atoms with E-state index < -0.39 is 29.3 Å². The molecule has 6 rings (SSSR count). The number of nitrogens with one attached hydrogen (secondary N) is 3. The fourth-order valence-corrected chi connectivity index (χ4v) is 5.92. The van der Waals surface area contributed by atoms with Gasteiger partial charge in [-0.25, -0.2) is 19.7 Å². The highest BCUT2D eigenvalue weighted by molar-refractivity contribution is 6.04. The van der Waals surface area contributed by atoms with E-state index in [0.29, 0.717) is 53.5 Å². The predicted octanol–water partition coefficient (Wildman–Crippen LogP) is 7.46. The van der Waals surface area contributed by atoms with Crippen LogP contribution in [0.3, 0.4) is 0 Å². The van der Waals surface area contributed by atoms with Crippen LogP contribution in [0, 0.1) is 0 Å². The molecule has 12 nitrogen and oxygen atoms in total. The number of hydrogen-bond donors (Lipinski definition) is 3. The Morgan fingerprint density at radius 1 is 0.942 bits per heavy atom. The summed E-state index contributed by atoms with van der Waals surface area (Å²) in [5.41, 5.74) is 1.52. The fourth-order valence-electron chi connectivity index (χ4n) is 5.92. The highest BCUT2D eigenvalue weighted by Crippen LogP contribution is 2.40. The Morgan fingerprint density at radius 2 is 1.69 bits per heavy atom. The van der Waals surface area contributed by atoms with Gasteiger partial charge in [-0.05, 0) is 70.0 Å². The molecular weight excluding hydrogens is 679 g/mol. The van der Waals surface area contributed by atoms with Crippen LogP contribution in [0.15, 0.2) is 73.2 Å². The predicted molar refractivity (Wildman–Crippen MR) is 188 cm³/mol. The minimum Gasteiger partial charge on any atom is -0.497 e. The van der Waals surface area contributed by atoms with Gasteiger partial charge < -0.3 is 30.2 Å². The Balaban J connectivity index is 1.29. The van der Waals surface area contributed by atoms with Gasteiger partial charge in [-0.15, -0.1) is 0 Å². The lowest BCUT2D eigenvalue weighted by atomic mass is 9.79. The largest absolute Gasteiger partial charge is 0.497 e. The van der Waals surface area contributed by atoms with E-state index in [1.807, 2.05) is 43.5 Å². The van der Waals surface area contributed by atoms with Gasteiger partial charge in [0.15, 0.2) is 5.82 Å². The molecule has 272 valence electrons. The number of benzene rings is 2. The Bertz CT molecular complexity index is 2090. The number of anilines is 2. The second-order valence-corrected chi connectivity index (χ2v) is 13.3. The van der Waals surface area contributed by atoms with Gasteiger partial charge in [0.05, 0.1) is 19.8 Å². The standard InChI is InChI=1S/C37H38F3N7O5/c1-36(2,3)52-35(49)44-26-16-24(17-26)33-46-30(21-6-8-22(9-7-21)34(48)45-29-18-25(12-13-41-29)37(38,39)40)31-32(42-14-15-47(31)33)43-20-23-10-11-27(50-4)19-28(23)51-5/h6-15,18-19,24,26H,16-17,20H2,1-5H3,(H,42,43)(H,44,49)(H,41,45,48). The average Bonchev–Trinajstić information content (AvgIpc) is 3.47. The topological polar surface area (TPSA) is 141 Å². The molecule has 0 spiro atoms. The average molecular weight is 718 g/mol. The van der Waals surface area contributed by atoms with E-state index in [0.717, 1.165) is 29.7 Å². The zero-order valence-corrected chi connectivity index (χ0v) is 29.2. The molecule has 5 aromatic rings. The Hall–Kier alpha value is -5.86. The summed E-state index contributed by atoms with van der Waals surface area (Å²) in [5.74, 6) is 1.80. The maximum absolute atomic E-state index is 13.2. The van der Waals surface area contributed by atoms with Crippen LogP contribution in [0.2, 0.25) is 0 Å². The molecule has 15 heteroatoms. The van der Waals surface area contributed by atoms with Crippen molar-refractivity contribution < 1.29 is 37.0 Å². The van der Waals surface area contributed by atoms with Crippen LogP contribution in [-0.2, 0) is 17.5 Å². The number of alkyl carbamates (subject to hydrolysis) is 1. The minimum absolute atomic E-state index is 0.0168. The third-order valence-corrected chi connectivity index (χ3v) is 8.50. The van der Waals surface area contributed by atoms with Crippen LogP contribution in [0.25, 0.3) is 16.8 Å². The zero-order chi connectivity index (χ0) is 37.2. The van der Waals surface area contributed by atoms with E-state index in [4.69, 9.17) is 19.2 Å². The van der Waals surface area contributed by atoms with Gasteiger partial charge in [-0.1, -0.05) is 12.1 Å². The van der Waals surface area contributed by atoms with Gasteiger partial charge in [-0.2, -0.15) is 13.2 Å². The van der Waals surface area contributed by atoms with E-state index in [1.54, 1.807) is 50.7 Å². The molecule has 2 amide bonds. The number of imidazole rings is 1. The van der Waals surface area contributed by atoms with Crippen LogP contribution in [0.5, 0.6) is 11.5 Å². The normalized spacial score (nSPS) is 15.8. The highest BCUT2D eigenvalue weighted by atomic mass is 19.4. The molecule has 0 bridgehead atoms. The molecule has 0 radical (unpaired) electrons. The van der Waals surface area contributed by atoms with Crippen molar-refractivity contribution in [2.24, 2.45) is 0 Å². The van der Waals surface area contributed by atoms with Crippen molar-refractivity contribution in [3.8, 4) is 22.8 Å². The Labute approximate surface area is 297 Å². The van der Waals surface area contributed by atoms with Crippen molar-refractivity contribution in [3.05, 3.63) is 95.7 Å².